The van der Waals surface area contributed by atoms with Gasteiger partial charge in [0.2, 0.25) is 10.0 Å². The van der Waals surface area contributed by atoms with E-state index < -0.39 is 44.7 Å². The standard InChI is InChI=1S/C21H23N3O9S/c1-13-9-17(18(24(28)29)10-14(13)2)22-20(26)12-33-21(27)16-11-15(3-4-19(16)25)34(30,31)23-5-7-32-8-6-23/h3-4,9-11,25H,5-8,12H2,1-2H3,(H,22,26). The number of benzene rings is 2. The Hall–Kier alpha value is -3.55. The van der Waals surface area contributed by atoms with Crippen molar-refractivity contribution in [3.05, 3.63) is 57.1 Å². The van der Waals surface area contributed by atoms with Crippen molar-refractivity contribution in [1.29, 1.82) is 0 Å². The van der Waals surface area contributed by atoms with Crippen LogP contribution in [0.4, 0.5) is 11.4 Å². The molecule has 0 atom stereocenters. The van der Waals surface area contributed by atoms with E-state index in [0.29, 0.717) is 11.1 Å². The second-order valence-electron chi connectivity index (χ2n) is 7.53. The van der Waals surface area contributed by atoms with Gasteiger partial charge in [0.1, 0.15) is 17.0 Å². The SMILES string of the molecule is Cc1cc(NC(=O)COC(=O)c2cc(S(=O)(=O)N3CCOCC3)ccc2O)c([N+](=O)[O-])cc1C. The summed E-state index contributed by atoms with van der Waals surface area (Å²) in [4.78, 5) is 35.1. The third-order valence-electron chi connectivity index (χ3n) is 5.21. The summed E-state index contributed by atoms with van der Waals surface area (Å²) < 4.78 is 36.8. The molecule has 0 saturated carbocycles. The number of nitrogens with one attached hydrogen (secondary N) is 1. The van der Waals surface area contributed by atoms with Gasteiger partial charge in [0.25, 0.3) is 11.6 Å². The minimum atomic E-state index is -3.94. The quantitative estimate of drug-likeness (QED) is 0.332. The molecule has 2 N–H and O–H groups in total. The molecule has 1 heterocycles. The maximum atomic E-state index is 12.8. The summed E-state index contributed by atoms with van der Waals surface area (Å²) in [5, 5.41) is 23.6. The van der Waals surface area contributed by atoms with E-state index in [4.69, 9.17) is 9.47 Å². The topological polar surface area (TPSA) is 165 Å². The molecule has 0 unspecified atom stereocenters. The van der Waals surface area contributed by atoms with Gasteiger partial charge in [0.05, 0.1) is 23.0 Å². The fraction of sp³-hybridized carbons (Fsp3) is 0.333. The van der Waals surface area contributed by atoms with E-state index in [1.807, 2.05) is 0 Å². The Bertz CT molecular complexity index is 1240. The number of amides is 1. The lowest BCUT2D eigenvalue weighted by Gasteiger charge is -2.26. The Balaban J connectivity index is 1.72. The number of rotatable bonds is 7. The van der Waals surface area contributed by atoms with Gasteiger partial charge >= 0.3 is 5.97 Å². The van der Waals surface area contributed by atoms with E-state index in [-0.39, 0.29) is 42.6 Å². The van der Waals surface area contributed by atoms with Gasteiger partial charge in [-0.25, -0.2) is 13.2 Å². The molecule has 1 aliphatic heterocycles. The number of nitrogens with zero attached hydrogens (tertiary/aromatic N) is 2. The molecule has 34 heavy (non-hydrogen) atoms. The van der Waals surface area contributed by atoms with E-state index in [9.17, 15) is 33.2 Å². The molecular weight excluding hydrogens is 470 g/mol. The average Bonchev–Trinajstić information content (AvgIpc) is 2.80. The highest BCUT2D eigenvalue weighted by Gasteiger charge is 2.28. The number of morpholine rings is 1. The van der Waals surface area contributed by atoms with Crippen LogP contribution in [0.1, 0.15) is 21.5 Å². The minimum absolute atomic E-state index is 0.0596. The monoisotopic (exact) mass is 493 g/mol. The Morgan fingerprint density at radius 3 is 2.47 bits per heavy atom. The molecule has 3 rings (SSSR count). The molecule has 0 radical (unpaired) electrons. The lowest BCUT2D eigenvalue weighted by molar-refractivity contribution is -0.384. The number of carbonyl (C=O) groups is 2. The smallest absolute Gasteiger partial charge is 0.342 e. The Morgan fingerprint density at radius 2 is 1.82 bits per heavy atom. The summed E-state index contributed by atoms with van der Waals surface area (Å²) in [7, 11) is -3.94. The second-order valence-corrected chi connectivity index (χ2v) is 9.47. The molecule has 0 spiro atoms. The maximum absolute atomic E-state index is 12.8. The van der Waals surface area contributed by atoms with Crippen LogP contribution in [0.25, 0.3) is 0 Å². The van der Waals surface area contributed by atoms with E-state index in [1.54, 1.807) is 13.8 Å². The van der Waals surface area contributed by atoms with Crippen molar-refractivity contribution in [2.45, 2.75) is 18.7 Å². The van der Waals surface area contributed by atoms with Gasteiger partial charge in [-0.15, -0.1) is 0 Å². The van der Waals surface area contributed by atoms with E-state index in [0.717, 1.165) is 18.2 Å². The summed E-state index contributed by atoms with van der Waals surface area (Å²) in [6, 6.07) is 5.91. The van der Waals surface area contributed by atoms with Crippen LogP contribution in [0.5, 0.6) is 5.75 Å². The molecule has 1 aliphatic rings. The van der Waals surface area contributed by atoms with Crippen LogP contribution in [0, 0.1) is 24.0 Å². The van der Waals surface area contributed by atoms with Crippen LogP contribution < -0.4 is 5.32 Å². The predicted octanol–water partition coefficient (Wildman–Crippen LogP) is 1.73. The van der Waals surface area contributed by atoms with Gasteiger partial charge in [-0.2, -0.15) is 4.31 Å². The van der Waals surface area contributed by atoms with Crippen molar-refractivity contribution in [1.82, 2.24) is 4.31 Å². The van der Waals surface area contributed by atoms with Gasteiger partial charge in [-0.3, -0.25) is 14.9 Å². The zero-order chi connectivity index (χ0) is 25.0. The van der Waals surface area contributed by atoms with Gasteiger partial charge in [-0.05, 0) is 49.2 Å². The fourth-order valence-corrected chi connectivity index (χ4v) is 4.66. The van der Waals surface area contributed by atoms with Crippen LogP contribution in [0.3, 0.4) is 0 Å². The second kappa shape index (κ2) is 10.2. The highest BCUT2D eigenvalue weighted by molar-refractivity contribution is 7.89. The summed E-state index contributed by atoms with van der Waals surface area (Å²) in [5.74, 6) is -2.52. The molecule has 0 aliphatic carbocycles. The van der Waals surface area contributed by atoms with E-state index in [2.05, 4.69) is 5.32 Å². The van der Waals surface area contributed by atoms with Gasteiger partial charge in [-0.1, -0.05) is 0 Å². The highest BCUT2D eigenvalue weighted by atomic mass is 32.2. The molecule has 2 aromatic rings. The normalized spacial score (nSPS) is 14.4. The minimum Gasteiger partial charge on any atom is -0.507 e. The van der Waals surface area contributed by atoms with Crippen LogP contribution in [0.2, 0.25) is 0 Å². The Morgan fingerprint density at radius 1 is 1.18 bits per heavy atom. The molecular formula is C21H23N3O9S. The summed E-state index contributed by atoms with van der Waals surface area (Å²) in [6.45, 7) is 3.36. The van der Waals surface area contributed by atoms with Crippen LogP contribution in [0.15, 0.2) is 35.2 Å². The van der Waals surface area contributed by atoms with Crippen LogP contribution >= 0.6 is 0 Å². The number of ether oxygens (including phenoxy) is 2. The zero-order valence-electron chi connectivity index (χ0n) is 18.4. The van der Waals surface area contributed by atoms with Crippen molar-refractivity contribution in [2.24, 2.45) is 0 Å². The van der Waals surface area contributed by atoms with Crippen LogP contribution in [-0.4, -0.2) is 67.5 Å². The fourth-order valence-electron chi connectivity index (χ4n) is 3.22. The predicted molar refractivity (Wildman–Crippen MR) is 119 cm³/mol. The number of hydrogen-bond acceptors (Lipinski definition) is 9. The summed E-state index contributed by atoms with van der Waals surface area (Å²) >= 11 is 0. The molecule has 0 bridgehead atoms. The first-order valence-corrected chi connectivity index (χ1v) is 11.6. The zero-order valence-corrected chi connectivity index (χ0v) is 19.3. The first kappa shape index (κ1) is 25.1. The number of carbonyl (C=O) groups excluding carboxylic acids is 2. The number of phenolic OH excluding ortho intramolecular Hbond substituents is 1. The molecule has 12 nitrogen and oxygen atoms in total. The van der Waals surface area contributed by atoms with Gasteiger partial charge in [0.15, 0.2) is 6.61 Å². The molecule has 1 amide bonds. The number of phenols is 1. The number of aryl methyl sites for hydroxylation is 2. The van der Waals surface area contributed by atoms with Crippen molar-refractivity contribution >= 4 is 33.3 Å². The number of nitro benzene ring substituents is 1. The molecule has 1 fully saturated rings. The molecule has 182 valence electrons. The Kier molecular flexibility index (Phi) is 7.49. The molecule has 13 heteroatoms. The first-order chi connectivity index (χ1) is 16.0. The van der Waals surface area contributed by atoms with Crippen molar-refractivity contribution in [3.8, 4) is 5.75 Å². The summed E-state index contributed by atoms with van der Waals surface area (Å²) in [6.07, 6.45) is 0. The summed E-state index contributed by atoms with van der Waals surface area (Å²) in [5.41, 5.74) is 0.552. The number of esters is 1. The third-order valence-corrected chi connectivity index (χ3v) is 7.11. The van der Waals surface area contributed by atoms with E-state index >= 15 is 0 Å². The van der Waals surface area contributed by atoms with Crippen molar-refractivity contribution in [3.63, 3.8) is 0 Å². The van der Waals surface area contributed by atoms with Crippen LogP contribution in [-0.2, 0) is 24.3 Å². The third kappa shape index (κ3) is 5.50. The van der Waals surface area contributed by atoms with Gasteiger partial charge < -0.3 is 19.9 Å². The lowest BCUT2D eigenvalue weighted by atomic mass is 10.1. The van der Waals surface area contributed by atoms with Gasteiger partial charge in [0, 0.05) is 19.2 Å². The Labute approximate surface area is 195 Å². The van der Waals surface area contributed by atoms with Crippen molar-refractivity contribution in [2.75, 3.05) is 38.2 Å². The number of nitro groups is 1. The number of hydrogen-bond donors (Lipinski definition) is 2. The average molecular weight is 493 g/mol. The van der Waals surface area contributed by atoms with Crippen molar-refractivity contribution < 1.29 is 37.5 Å². The molecule has 2 aromatic carbocycles. The number of sulfonamides is 1. The largest absolute Gasteiger partial charge is 0.507 e. The maximum Gasteiger partial charge on any atom is 0.342 e. The van der Waals surface area contributed by atoms with E-state index in [1.165, 1.54) is 16.4 Å². The molecule has 1 saturated heterocycles. The number of aromatic hydroxyl groups is 1. The number of anilines is 1. The highest BCUT2D eigenvalue weighted by Crippen LogP contribution is 2.28. The molecule has 0 aromatic heterocycles. The first-order valence-electron chi connectivity index (χ1n) is 10.1. The lowest BCUT2D eigenvalue weighted by Crippen LogP contribution is -2.40.